The Morgan fingerprint density at radius 2 is 1.86 bits per heavy atom. The minimum atomic E-state index is 0.490. The maximum atomic E-state index is 5.27. The van der Waals surface area contributed by atoms with Gasteiger partial charge in [0.05, 0.1) is 6.61 Å². The summed E-state index contributed by atoms with van der Waals surface area (Å²) in [5.74, 6) is 0.569. The smallest absolute Gasteiger partial charge is 0.0589 e. The first-order valence-electron chi connectivity index (χ1n) is 8.60. The van der Waals surface area contributed by atoms with Crippen molar-refractivity contribution < 1.29 is 4.74 Å². The molecule has 124 valence electrons. The zero-order chi connectivity index (χ0) is 16.1. The first-order valence-corrected chi connectivity index (χ1v) is 8.60. The van der Waals surface area contributed by atoms with Gasteiger partial charge in [-0.05, 0) is 30.9 Å². The summed E-state index contributed by atoms with van der Waals surface area (Å²) in [6.45, 7) is 14.5. The Morgan fingerprint density at radius 1 is 1.14 bits per heavy atom. The molecule has 1 aliphatic heterocycles. The third kappa shape index (κ3) is 4.09. The first kappa shape index (κ1) is 17.5. The SMILES string of the molecule is COCCN1CCN(C(C)C)C(c2ccccc2C(C)C)C1. The largest absolute Gasteiger partial charge is 0.383 e. The van der Waals surface area contributed by atoms with Crippen LogP contribution in [0.15, 0.2) is 24.3 Å². The molecule has 1 fully saturated rings. The average molecular weight is 304 g/mol. The highest BCUT2D eigenvalue weighted by atomic mass is 16.5. The van der Waals surface area contributed by atoms with E-state index in [9.17, 15) is 0 Å². The lowest BCUT2D eigenvalue weighted by Crippen LogP contribution is -2.51. The Bertz CT molecular complexity index is 459. The van der Waals surface area contributed by atoms with Crippen molar-refractivity contribution in [1.29, 1.82) is 0 Å². The number of rotatable bonds is 6. The zero-order valence-corrected chi connectivity index (χ0v) is 14.9. The molecule has 1 atom stereocenters. The van der Waals surface area contributed by atoms with Gasteiger partial charge in [0.25, 0.3) is 0 Å². The van der Waals surface area contributed by atoms with Crippen molar-refractivity contribution in [3.63, 3.8) is 0 Å². The third-order valence-corrected chi connectivity index (χ3v) is 4.76. The fraction of sp³-hybridized carbons (Fsp3) is 0.684. The molecular weight excluding hydrogens is 272 g/mol. The van der Waals surface area contributed by atoms with Crippen LogP contribution in [0.4, 0.5) is 0 Å². The van der Waals surface area contributed by atoms with Gasteiger partial charge >= 0.3 is 0 Å². The van der Waals surface area contributed by atoms with Gasteiger partial charge < -0.3 is 4.74 Å². The predicted molar refractivity (Wildman–Crippen MR) is 93.4 cm³/mol. The summed E-state index contributed by atoms with van der Waals surface area (Å²) in [6, 6.07) is 10.1. The van der Waals surface area contributed by atoms with E-state index in [0.29, 0.717) is 18.0 Å². The molecule has 0 saturated carbocycles. The van der Waals surface area contributed by atoms with Gasteiger partial charge in [-0.15, -0.1) is 0 Å². The molecule has 22 heavy (non-hydrogen) atoms. The Morgan fingerprint density at radius 3 is 2.50 bits per heavy atom. The van der Waals surface area contributed by atoms with Gasteiger partial charge in [0.1, 0.15) is 0 Å². The molecule has 3 nitrogen and oxygen atoms in total. The molecule has 1 unspecified atom stereocenters. The lowest BCUT2D eigenvalue weighted by molar-refractivity contribution is 0.0369. The van der Waals surface area contributed by atoms with Crippen LogP contribution in [0, 0.1) is 0 Å². The van der Waals surface area contributed by atoms with Crippen LogP contribution in [0.3, 0.4) is 0 Å². The lowest BCUT2D eigenvalue weighted by Gasteiger charge is -2.44. The molecule has 0 aliphatic carbocycles. The van der Waals surface area contributed by atoms with Crippen LogP contribution < -0.4 is 0 Å². The van der Waals surface area contributed by atoms with E-state index in [1.165, 1.54) is 11.1 Å². The molecule has 0 spiro atoms. The number of hydrogen-bond donors (Lipinski definition) is 0. The van der Waals surface area contributed by atoms with Crippen LogP contribution in [-0.2, 0) is 4.74 Å². The molecule has 0 bridgehead atoms. The Balaban J connectivity index is 2.26. The summed E-state index contributed by atoms with van der Waals surface area (Å²) in [6.07, 6.45) is 0. The van der Waals surface area contributed by atoms with E-state index in [1.54, 1.807) is 7.11 Å². The molecule has 3 heteroatoms. The van der Waals surface area contributed by atoms with Gasteiger partial charge in [0.2, 0.25) is 0 Å². The van der Waals surface area contributed by atoms with Gasteiger partial charge in [-0.2, -0.15) is 0 Å². The van der Waals surface area contributed by atoms with E-state index in [1.807, 2.05) is 0 Å². The second-order valence-electron chi connectivity index (χ2n) is 6.92. The second-order valence-corrected chi connectivity index (χ2v) is 6.92. The summed E-state index contributed by atoms with van der Waals surface area (Å²) in [5, 5.41) is 0. The van der Waals surface area contributed by atoms with Crippen LogP contribution in [0.5, 0.6) is 0 Å². The number of piperazine rings is 1. The lowest BCUT2D eigenvalue weighted by atomic mass is 9.90. The maximum absolute atomic E-state index is 5.27. The first-order chi connectivity index (χ1) is 10.5. The second kappa shape index (κ2) is 8.09. The molecular formula is C19H32N2O. The van der Waals surface area contributed by atoms with Gasteiger partial charge in [0, 0.05) is 45.4 Å². The van der Waals surface area contributed by atoms with Crippen LogP contribution in [0.1, 0.15) is 50.8 Å². The minimum Gasteiger partial charge on any atom is -0.383 e. The van der Waals surface area contributed by atoms with Crippen molar-refractivity contribution in [3.8, 4) is 0 Å². The summed E-state index contributed by atoms with van der Waals surface area (Å²) in [7, 11) is 1.79. The molecule has 0 aromatic heterocycles. The number of methoxy groups -OCH3 is 1. The number of benzene rings is 1. The number of ether oxygens (including phenoxy) is 1. The molecule has 1 aliphatic rings. The highest BCUT2D eigenvalue weighted by Gasteiger charge is 2.31. The minimum absolute atomic E-state index is 0.490. The van der Waals surface area contributed by atoms with Gasteiger partial charge in [0.15, 0.2) is 0 Å². The molecule has 2 rings (SSSR count). The van der Waals surface area contributed by atoms with Crippen molar-refractivity contribution in [2.24, 2.45) is 0 Å². The summed E-state index contributed by atoms with van der Waals surface area (Å²) in [4.78, 5) is 5.20. The fourth-order valence-corrected chi connectivity index (χ4v) is 3.51. The molecule has 1 aromatic rings. The van der Waals surface area contributed by atoms with Gasteiger partial charge in [-0.1, -0.05) is 38.1 Å². The highest BCUT2D eigenvalue weighted by molar-refractivity contribution is 5.33. The summed E-state index contributed by atoms with van der Waals surface area (Å²) in [5.41, 5.74) is 3.00. The van der Waals surface area contributed by atoms with E-state index in [-0.39, 0.29) is 0 Å². The van der Waals surface area contributed by atoms with Gasteiger partial charge in [-0.25, -0.2) is 0 Å². The fourth-order valence-electron chi connectivity index (χ4n) is 3.51. The third-order valence-electron chi connectivity index (χ3n) is 4.76. The summed E-state index contributed by atoms with van der Waals surface area (Å²) >= 11 is 0. The van der Waals surface area contributed by atoms with E-state index >= 15 is 0 Å². The Kier molecular flexibility index (Phi) is 6.42. The molecule has 0 N–H and O–H groups in total. The van der Waals surface area contributed by atoms with Crippen LogP contribution >= 0.6 is 0 Å². The topological polar surface area (TPSA) is 15.7 Å². The van der Waals surface area contributed by atoms with Crippen molar-refractivity contribution in [1.82, 2.24) is 9.80 Å². The maximum Gasteiger partial charge on any atom is 0.0589 e. The zero-order valence-electron chi connectivity index (χ0n) is 14.9. The van der Waals surface area contributed by atoms with Crippen molar-refractivity contribution in [2.45, 2.75) is 45.7 Å². The Hall–Kier alpha value is -0.900. The van der Waals surface area contributed by atoms with E-state index < -0.39 is 0 Å². The molecule has 1 heterocycles. The molecule has 1 saturated heterocycles. The van der Waals surface area contributed by atoms with Crippen LogP contribution in [0.25, 0.3) is 0 Å². The monoisotopic (exact) mass is 304 g/mol. The van der Waals surface area contributed by atoms with Crippen molar-refractivity contribution in [3.05, 3.63) is 35.4 Å². The Labute approximate surface area is 136 Å². The molecule has 0 radical (unpaired) electrons. The standard InChI is InChI=1S/C19H32N2O/c1-15(2)17-8-6-7-9-18(17)19-14-20(12-13-22-5)10-11-21(19)16(3)4/h6-9,15-16,19H,10-14H2,1-5H3. The normalized spacial score (nSPS) is 21.0. The van der Waals surface area contributed by atoms with E-state index in [0.717, 1.165) is 32.8 Å². The number of hydrogen-bond acceptors (Lipinski definition) is 3. The predicted octanol–water partition coefficient (Wildman–Crippen LogP) is 3.52. The quantitative estimate of drug-likeness (QED) is 0.800. The average Bonchev–Trinajstić information content (AvgIpc) is 2.52. The summed E-state index contributed by atoms with van der Waals surface area (Å²) < 4.78 is 5.27. The van der Waals surface area contributed by atoms with Crippen molar-refractivity contribution >= 4 is 0 Å². The highest BCUT2D eigenvalue weighted by Crippen LogP contribution is 2.32. The van der Waals surface area contributed by atoms with Crippen molar-refractivity contribution in [2.75, 3.05) is 39.9 Å². The van der Waals surface area contributed by atoms with E-state index in [2.05, 4.69) is 61.8 Å². The van der Waals surface area contributed by atoms with Gasteiger partial charge in [-0.3, -0.25) is 9.80 Å². The van der Waals surface area contributed by atoms with Crippen LogP contribution in [0.2, 0.25) is 0 Å². The molecule has 1 aromatic carbocycles. The van der Waals surface area contributed by atoms with Crippen LogP contribution in [-0.4, -0.2) is 55.7 Å². The van der Waals surface area contributed by atoms with E-state index in [4.69, 9.17) is 4.74 Å². The number of nitrogens with zero attached hydrogens (tertiary/aromatic N) is 2. The molecule has 0 amide bonds.